The van der Waals surface area contributed by atoms with E-state index < -0.39 is 11.6 Å². The number of rotatable bonds is 4. The molecule has 1 aromatic rings. The molecule has 1 saturated heterocycles. The Morgan fingerprint density at radius 1 is 1.26 bits per heavy atom. The van der Waals surface area contributed by atoms with E-state index >= 15 is 0 Å². The molecule has 2 amide bonds. The molecule has 0 radical (unpaired) electrons. The maximum Gasteiger partial charge on any atom is 0.414 e. The fraction of sp³-hybridized carbons (Fsp3) is 0.474. The molecule has 27 heavy (non-hydrogen) atoms. The van der Waals surface area contributed by atoms with Crippen LogP contribution >= 0.6 is 23.2 Å². The van der Waals surface area contributed by atoms with Gasteiger partial charge in [0, 0.05) is 19.2 Å². The van der Waals surface area contributed by atoms with Crippen molar-refractivity contribution in [2.45, 2.75) is 31.7 Å². The zero-order valence-electron chi connectivity index (χ0n) is 15.4. The van der Waals surface area contributed by atoms with Crippen molar-refractivity contribution in [3.8, 4) is 0 Å². The van der Waals surface area contributed by atoms with Crippen molar-refractivity contribution >= 4 is 40.8 Å². The number of benzene rings is 1. The molecule has 0 aliphatic carbocycles. The van der Waals surface area contributed by atoms with Crippen LogP contribution in [0.25, 0.3) is 5.57 Å². The van der Waals surface area contributed by atoms with Crippen LogP contribution in [0.4, 0.5) is 4.79 Å². The predicted octanol–water partition coefficient (Wildman–Crippen LogP) is 3.43. The van der Waals surface area contributed by atoms with E-state index in [1.807, 2.05) is 6.92 Å². The molecule has 6 nitrogen and oxygen atoms in total. The molecule has 0 bridgehead atoms. The van der Waals surface area contributed by atoms with Crippen LogP contribution in [0, 0.1) is 0 Å². The molecule has 0 saturated carbocycles. The molecule has 0 atom stereocenters. The summed E-state index contributed by atoms with van der Waals surface area (Å²) in [6.45, 7) is 3.95. The molecule has 1 aromatic carbocycles. The molecule has 1 fully saturated rings. The molecule has 146 valence electrons. The number of amides is 2. The second-order valence-corrected chi connectivity index (χ2v) is 7.69. The summed E-state index contributed by atoms with van der Waals surface area (Å²) in [5.74, 6) is -0.00945. The summed E-state index contributed by atoms with van der Waals surface area (Å²) < 4.78 is 5.80. The van der Waals surface area contributed by atoms with E-state index in [2.05, 4.69) is 10.6 Å². The van der Waals surface area contributed by atoms with Crippen molar-refractivity contribution in [3.63, 3.8) is 0 Å². The first-order valence-electron chi connectivity index (χ1n) is 9.05. The van der Waals surface area contributed by atoms with Crippen molar-refractivity contribution in [1.82, 2.24) is 15.5 Å². The third kappa shape index (κ3) is 3.79. The summed E-state index contributed by atoms with van der Waals surface area (Å²) in [6, 6.07) is 5.04. The lowest BCUT2D eigenvalue weighted by Gasteiger charge is -2.35. The number of carbonyl (C=O) groups excluding carboxylic acids is 2. The highest BCUT2D eigenvalue weighted by atomic mass is 35.5. The number of piperidine rings is 1. The smallest absolute Gasteiger partial charge is 0.411 e. The van der Waals surface area contributed by atoms with Crippen molar-refractivity contribution in [2.75, 3.05) is 26.7 Å². The maximum atomic E-state index is 12.9. The van der Waals surface area contributed by atoms with E-state index in [9.17, 15) is 9.59 Å². The fourth-order valence-electron chi connectivity index (χ4n) is 3.59. The monoisotopic (exact) mass is 411 g/mol. The van der Waals surface area contributed by atoms with E-state index in [1.165, 1.54) is 4.90 Å². The van der Waals surface area contributed by atoms with E-state index in [0.717, 1.165) is 6.42 Å². The van der Waals surface area contributed by atoms with Gasteiger partial charge in [0.05, 0.1) is 15.6 Å². The van der Waals surface area contributed by atoms with Crippen LogP contribution in [0.15, 0.2) is 24.0 Å². The van der Waals surface area contributed by atoms with Gasteiger partial charge in [-0.1, -0.05) is 36.2 Å². The van der Waals surface area contributed by atoms with E-state index in [1.54, 1.807) is 25.2 Å². The van der Waals surface area contributed by atoms with Gasteiger partial charge in [-0.2, -0.15) is 0 Å². The topological polar surface area (TPSA) is 70.7 Å². The van der Waals surface area contributed by atoms with Gasteiger partial charge in [-0.15, -0.1) is 0 Å². The van der Waals surface area contributed by atoms with E-state index in [4.69, 9.17) is 27.9 Å². The molecule has 0 aromatic heterocycles. The second-order valence-electron chi connectivity index (χ2n) is 6.88. The number of hydrogen-bond donors (Lipinski definition) is 2. The Morgan fingerprint density at radius 3 is 2.48 bits per heavy atom. The van der Waals surface area contributed by atoms with Gasteiger partial charge in [0.1, 0.15) is 11.3 Å². The summed E-state index contributed by atoms with van der Waals surface area (Å²) in [5, 5.41) is 6.98. The Labute approximate surface area is 168 Å². The van der Waals surface area contributed by atoms with Crippen molar-refractivity contribution < 1.29 is 14.3 Å². The zero-order chi connectivity index (χ0) is 19.6. The molecular weight excluding hydrogens is 389 g/mol. The molecule has 2 heterocycles. The number of nitrogens with one attached hydrogen (secondary N) is 2. The molecule has 2 N–H and O–H groups in total. The van der Waals surface area contributed by atoms with Crippen LogP contribution in [0.3, 0.4) is 0 Å². The van der Waals surface area contributed by atoms with Crippen LogP contribution in [-0.2, 0) is 9.53 Å². The maximum absolute atomic E-state index is 12.9. The van der Waals surface area contributed by atoms with Crippen molar-refractivity contribution in [3.05, 3.63) is 39.6 Å². The standard InChI is InChI=1S/C19H23Cl2N3O3/c1-3-11-24(2)18(26)27-16-15(14-12(20)5-4-6-13(14)21)17(25)23-19(16)7-9-22-10-8-19/h4-6,22H,3,7-11H2,1-2H3,(H,23,25). The van der Waals surface area contributed by atoms with Gasteiger partial charge >= 0.3 is 6.09 Å². The lowest BCUT2D eigenvalue weighted by Crippen LogP contribution is -2.52. The summed E-state index contributed by atoms with van der Waals surface area (Å²) in [4.78, 5) is 27.0. The Bertz CT molecular complexity index is 768. The highest BCUT2D eigenvalue weighted by Gasteiger charge is 2.49. The van der Waals surface area contributed by atoms with Crippen molar-refractivity contribution in [2.24, 2.45) is 0 Å². The average molecular weight is 412 g/mol. The third-order valence-electron chi connectivity index (χ3n) is 4.97. The molecule has 1 spiro atoms. The number of halogens is 2. The first-order valence-corrected chi connectivity index (χ1v) is 9.80. The largest absolute Gasteiger partial charge is 0.414 e. The Hall–Kier alpha value is -1.76. The highest BCUT2D eigenvalue weighted by molar-refractivity contribution is 6.41. The van der Waals surface area contributed by atoms with Crippen LogP contribution in [0.1, 0.15) is 31.7 Å². The Morgan fingerprint density at radius 2 is 1.89 bits per heavy atom. The first-order chi connectivity index (χ1) is 12.9. The quantitative estimate of drug-likeness (QED) is 0.795. The molecule has 2 aliphatic heterocycles. The molecular formula is C19H23Cl2N3O3. The van der Waals surface area contributed by atoms with Gasteiger partial charge in [-0.25, -0.2) is 4.79 Å². The normalized spacial score (nSPS) is 18.6. The van der Waals surface area contributed by atoms with Crippen LogP contribution in [-0.4, -0.2) is 49.1 Å². The average Bonchev–Trinajstić information content (AvgIpc) is 2.87. The Balaban J connectivity index is 2.11. The van der Waals surface area contributed by atoms with Crippen LogP contribution in [0.5, 0.6) is 0 Å². The lowest BCUT2D eigenvalue weighted by molar-refractivity contribution is -0.116. The zero-order valence-corrected chi connectivity index (χ0v) is 16.9. The van der Waals surface area contributed by atoms with Crippen LogP contribution < -0.4 is 10.6 Å². The minimum Gasteiger partial charge on any atom is -0.411 e. The molecule has 0 unspecified atom stereocenters. The number of ether oxygens (including phenoxy) is 1. The highest BCUT2D eigenvalue weighted by Crippen LogP contribution is 2.43. The van der Waals surface area contributed by atoms with E-state index in [-0.39, 0.29) is 11.5 Å². The summed E-state index contributed by atoms with van der Waals surface area (Å²) in [6.07, 6.45) is 1.54. The minimum absolute atomic E-state index is 0.241. The van der Waals surface area contributed by atoms with Crippen molar-refractivity contribution in [1.29, 1.82) is 0 Å². The fourth-order valence-corrected chi connectivity index (χ4v) is 4.18. The van der Waals surface area contributed by atoms with Gasteiger partial charge in [-0.3, -0.25) is 4.79 Å². The summed E-state index contributed by atoms with van der Waals surface area (Å²) >= 11 is 12.7. The van der Waals surface area contributed by atoms with Crippen LogP contribution in [0.2, 0.25) is 10.0 Å². The van der Waals surface area contributed by atoms with Gasteiger partial charge in [0.25, 0.3) is 5.91 Å². The predicted molar refractivity (Wildman–Crippen MR) is 106 cm³/mol. The Kier molecular flexibility index (Phi) is 5.99. The molecule has 8 heteroatoms. The van der Waals surface area contributed by atoms with Gasteiger partial charge in [0.15, 0.2) is 0 Å². The lowest BCUT2D eigenvalue weighted by atomic mass is 9.86. The van der Waals surface area contributed by atoms with Gasteiger partial charge < -0.3 is 20.3 Å². The summed E-state index contributed by atoms with van der Waals surface area (Å²) in [7, 11) is 1.67. The third-order valence-corrected chi connectivity index (χ3v) is 5.60. The second kappa shape index (κ2) is 8.09. The first kappa shape index (κ1) is 20.0. The van der Waals surface area contributed by atoms with Gasteiger partial charge in [0.2, 0.25) is 0 Å². The van der Waals surface area contributed by atoms with E-state index in [0.29, 0.717) is 53.8 Å². The summed E-state index contributed by atoms with van der Waals surface area (Å²) in [5.41, 5.74) is -0.0940. The molecule has 2 aliphatic rings. The molecule has 3 rings (SSSR count). The van der Waals surface area contributed by atoms with Gasteiger partial charge in [-0.05, 0) is 44.5 Å². The minimum atomic E-state index is -0.733. The number of hydrogen-bond acceptors (Lipinski definition) is 4. The SMILES string of the molecule is CCCN(C)C(=O)OC1=C(c2c(Cl)cccc2Cl)C(=O)NC12CCNCC2. The number of nitrogens with zero attached hydrogens (tertiary/aromatic N) is 1. The number of carbonyl (C=O) groups is 2.